The standard InChI is InChI=1S/C20H24N2O3/c1-20(2,3)25-19(23)22-13-17(14-8-7-9-15(12-14)24-4)21-16-10-5-6-11-18(16)22/h5-12,17,21H,13H2,1-4H3. The number of nitrogens with one attached hydrogen (secondary N) is 1. The maximum absolute atomic E-state index is 12.7. The fourth-order valence-electron chi connectivity index (χ4n) is 2.88. The van der Waals surface area contributed by atoms with Crippen LogP contribution in [0.5, 0.6) is 5.75 Å². The first-order chi connectivity index (χ1) is 11.9. The van der Waals surface area contributed by atoms with E-state index in [1.807, 2.05) is 69.3 Å². The number of carbonyl (C=O) groups excluding carboxylic acids is 1. The van der Waals surface area contributed by atoms with Gasteiger partial charge in [-0.25, -0.2) is 4.79 Å². The van der Waals surface area contributed by atoms with Crippen molar-refractivity contribution in [2.45, 2.75) is 32.4 Å². The summed E-state index contributed by atoms with van der Waals surface area (Å²) < 4.78 is 10.9. The number of fused-ring (bicyclic) bond motifs is 1. The highest BCUT2D eigenvalue weighted by molar-refractivity contribution is 5.93. The smallest absolute Gasteiger partial charge is 0.414 e. The Kier molecular flexibility index (Phi) is 4.57. The number of para-hydroxylation sites is 2. The monoisotopic (exact) mass is 340 g/mol. The summed E-state index contributed by atoms with van der Waals surface area (Å²) in [7, 11) is 1.65. The SMILES string of the molecule is COc1cccc(C2CN(C(=O)OC(C)(C)C)c3ccccc3N2)c1. The molecule has 5 nitrogen and oxygen atoms in total. The molecule has 2 aromatic rings. The minimum Gasteiger partial charge on any atom is -0.497 e. The second kappa shape index (κ2) is 6.67. The molecule has 0 saturated heterocycles. The maximum Gasteiger partial charge on any atom is 0.414 e. The molecule has 2 aromatic carbocycles. The lowest BCUT2D eigenvalue weighted by Crippen LogP contribution is -2.43. The van der Waals surface area contributed by atoms with E-state index in [0.717, 1.165) is 22.7 Å². The number of amides is 1. The molecule has 1 N–H and O–H groups in total. The summed E-state index contributed by atoms with van der Waals surface area (Å²) >= 11 is 0. The lowest BCUT2D eigenvalue weighted by molar-refractivity contribution is 0.0577. The zero-order valence-corrected chi connectivity index (χ0v) is 15.1. The third kappa shape index (κ3) is 3.87. The van der Waals surface area contributed by atoms with Crippen molar-refractivity contribution in [1.29, 1.82) is 0 Å². The predicted molar refractivity (Wildman–Crippen MR) is 99.4 cm³/mol. The molecule has 1 aliphatic heterocycles. The van der Waals surface area contributed by atoms with E-state index in [1.165, 1.54) is 0 Å². The Bertz CT molecular complexity index is 768. The van der Waals surface area contributed by atoms with Crippen LogP contribution in [0.4, 0.5) is 16.2 Å². The van der Waals surface area contributed by atoms with Gasteiger partial charge in [0.2, 0.25) is 0 Å². The van der Waals surface area contributed by atoms with E-state index in [1.54, 1.807) is 12.0 Å². The molecule has 0 aromatic heterocycles. The van der Waals surface area contributed by atoms with Crippen molar-refractivity contribution in [3.05, 3.63) is 54.1 Å². The quantitative estimate of drug-likeness (QED) is 0.868. The van der Waals surface area contributed by atoms with E-state index in [-0.39, 0.29) is 12.1 Å². The molecule has 0 bridgehead atoms. The summed E-state index contributed by atoms with van der Waals surface area (Å²) in [6, 6.07) is 15.6. The normalized spacial score (nSPS) is 16.6. The highest BCUT2D eigenvalue weighted by atomic mass is 16.6. The third-order valence-electron chi connectivity index (χ3n) is 4.00. The Balaban J connectivity index is 1.93. The Morgan fingerprint density at radius 1 is 1.16 bits per heavy atom. The van der Waals surface area contributed by atoms with Gasteiger partial charge in [-0.1, -0.05) is 24.3 Å². The van der Waals surface area contributed by atoms with Crippen molar-refractivity contribution in [3.63, 3.8) is 0 Å². The number of hydrogen-bond acceptors (Lipinski definition) is 4. The number of ether oxygens (including phenoxy) is 2. The molecule has 132 valence electrons. The molecular formula is C20H24N2O3. The summed E-state index contributed by atoms with van der Waals surface area (Å²) in [5.41, 5.74) is 2.26. The van der Waals surface area contributed by atoms with Crippen LogP contribution in [0, 0.1) is 0 Å². The van der Waals surface area contributed by atoms with E-state index in [9.17, 15) is 4.79 Å². The molecule has 5 heteroatoms. The molecular weight excluding hydrogens is 316 g/mol. The zero-order valence-electron chi connectivity index (χ0n) is 15.1. The van der Waals surface area contributed by atoms with Crippen LogP contribution in [0.15, 0.2) is 48.5 Å². The summed E-state index contributed by atoms with van der Waals surface area (Å²) in [6.07, 6.45) is -0.339. The van der Waals surface area contributed by atoms with Crippen molar-refractivity contribution >= 4 is 17.5 Å². The van der Waals surface area contributed by atoms with Crippen LogP contribution in [0.1, 0.15) is 32.4 Å². The number of hydrogen-bond donors (Lipinski definition) is 1. The molecule has 0 spiro atoms. The van der Waals surface area contributed by atoms with Gasteiger partial charge in [0.25, 0.3) is 0 Å². The largest absolute Gasteiger partial charge is 0.497 e. The van der Waals surface area contributed by atoms with Crippen molar-refractivity contribution < 1.29 is 14.3 Å². The minimum atomic E-state index is -0.539. The fraction of sp³-hybridized carbons (Fsp3) is 0.350. The molecule has 3 rings (SSSR count). The third-order valence-corrected chi connectivity index (χ3v) is 4.00. The molecule has 1 amide bonds. The number of rotatable bonds is 2. The highest BCUT2D eigenvalue weighted by Gasteiger charge is 2.31. The Labute approximate surface area is 148 Å². The molecule has 0 aliphatic carbocycles. The zero-order chi connectivity index (χ0) is 18.0. The molecule has 0 fully saturated rings. The van der Waals surface area contributed by atoms with Crippen molar-refractivity contribution in [2.75, 3.05) is 23.9 Å². The van der Waals surface area contributed by atoms with E-state index >= 15 is 0 Å². The van der Waals surface area contributed by atoms with Gasteiger partial charge < -0.3 is 14.8 Å². The molecule has 1 heterocycles. The molecule has 0 saturated carbocycles. The molecule has 1 unspecified atom stereocenters. The topological polar surface area (TPSA) is 50.8 Å². The number of nitrogens with zero attached hydrogens (tertiary/aromatic N) is 1. The predicted octanol–water partition coefficient (Wildman–Crippen LogP) is 4.60. The van der Waals surface area contributed by atoms with Gasteiger partial charge in [0.05, 0.1) is 31.1 Å². The van der Waals surface area contributed by atoms with Gasteiger partial charge in [-0.05, 0) is 50.6 Å². The van der Waals surface area contributed by atoms with Gasteiger partial charge in [0.15, 0.2) is 0 Å². The van der Waals surface area contributed by atoms with E-state index in [4.69, 9.17) is 9.47 Å². The molecule has 0 radical (unpaired) electrons. The van der Waals surface area contributed by atoms with Crippen LogP contribution in [-0.2, 0) is 4.74 Å². The average molecular weight is 340 g/mol. The van der Waals surface area contributed by atoms with E-state index in [0.29, 0.717) is 6.54 Å². The van der Waals surface area contributed by atoms with Crippen LogP contribution in [-0.4, -0.2) is 25.3 Å². The number of methoxy groups -OCH3 is 1. The van der Waals surface area contributed by atoms with Crippen LogP contribution in [0.2, 0.25) is 0 Å². The van der Waals surface area contributed by atoms with Gasteiger partial charge in [-0.2, -0.15) is 0 Å². The Hall–Kier alpha value is -2.69. The number of benzene rings is 2. The maximum atomic E-state index is 12.7. The highest BCUT2D eigenvalue weighted by Crippen LogP contribution is 2.36. The van der Waals surface area contributed by atoms with E-state index in [2.05, 4.69) is 5.32 Å². The summed E-state index contributed by atoms with van der Waals surface area (Å²) in [6.45, 7) is 6.11. The summed E-state index contributed by atoms with van der Waals surface area (Å²) in [4.78, 5) is 14.4. The van der Waals surface area contributed by atoms with E-state index < -0.39 is 5.60 Å². The Morgan fingerprint density at radius 2 is 1.92 bits per heavy atom. The first-order valence-electron chi connectivity index (χ1n) is 8.37. The van der Waals surface area contributed by atoms with Crippen LogP contribution in [0.25, 0.3) is 0 Å². The summed E-state index contributed by atoms with van der Waals surface area (Å²) in [5.74, 6) is 0.793. The van der Waals surface area contributed by atoms with Gasteiger partial charge in [0, 0.05) is 0 Å². The lowest BCUT2D eigenvalue weighted by Gasteiger charge is -2.36. The van der Waals surface area contributed by atoms with Gasteiger partial charge in [-0.3, -0.25) is 4.90 Å². The molecule has 25 heavy (non-hydrogen) atoms. The van der Waals surface area contributed by atoms with Gasteiger partial charge >= 0.3 is 6.09 Å². The number of carbonyl (C=O) groups is 1. The van der Waals surface area contributed by atoms with Gasteiger partial charge in [-0.15, -0.1) is 0 Å². The lowest BCUT2D eigenvalue weighted by atomic mass is 10.0. The van der Waals surface area contributed by atoms with Crippen LogP contribution >= 0.6 is 0 Å². The van der Waals surface area contributed by atoms with Crippen molar-refractivity contribution in [2.24, 2.45) is 0 Å². The number of anilines is 2. The molecule has 1 atom stereocenters. The van der Waals surface area contributed by atoms with Crippen molar-refractivity contribution in [3.8, 4) is 5.75 Å². The second-order valence-electron chi connectivity index (χ2n) is 7.08. The first kappa shape index (κ1) is 17.1. The molecule has 1 aliphatic rings. The van der Waals surface area contributed by atoms with Crippen molar-refractivity contribution in [1.82, 2.24) is 0 Å². The Morgan fingerprint density at radius 3 is 2.64 bits per heavy atom. The minimum absolute atomic E-state index is 0.0440. The van der Waals surface area contributed by atoms with Crippen LogP contribution in [0.3, 0.4) is 0 Å². The fourth-order valence-corrected chi connectivity index (χ4v) is 2.88. The first-order valence-corrected chi connectivity index (χ1v) is 8.37. The average Bonchev–Trinajstić information content (AvgIpc) is 2.59. The second-order valence-corrected chi connectivity index (χ2v) is 7.08. The van der Waals surface area contributed by atoms with Gasteiger partial charge in [0.1, 0.15) is 11.4 Å². The summed E-state index contributed by atoms with van der Waals surface area (Å²) in [5, 5.41) is 3.51. The van der Waals surface area contributed by atoms with Crippen LogP contribution < -0.4 is 15.0 Å².